The van der Waals surface area contributed by atoms with Crippen LogP contribution in [0.15, 0.2) is 29.1 Å². The first-order valence-corrected chi connectivity index (χ1v) is 5.31. The molecule has 0 fully saturated rings. The van der Waals surface area contributed by atoms with E-state index in [1.165, 1.54) is 0 Å². The summed E-state index contributed by atoms with van der Waals surface area (Å²) in [5.41, 5.74) is 6.47. The lowest BCUT2D eigenvalue weighted by Gasteiger charge is -1.97. The highest BCUT2D eigenvalue weighted by Crippen LogP contribution is 2.24. The molecule has 2 heterocycles. The van der Waals surface area contributed by atoms with Gasteiger partial charge in [0.1, 0.15) is 5.69 Å². The number of aromatic nitrogens is 5. The van der Waals surface area contributed by atoms with Crippen molar-refractivity contribution in [2.45, 2.75) is 0 Å². The van der Waals surface area contributed by atoms with Crippen molar-refractivity contribution in [1.29, 1.82) is 0 Å². The number of nitrogen functional groups attached to an aromatic ring is 1. The number of H-pyrrole nitrogens is 1. The number of rotatable bonds is 1. The lowest BCUT2D eigenvalue weighted by molar-refractivity contribution is 0.796. The van der Waals surface area contributed by atoms with Gasteiger partial charge in [-0.3, -0.25) is 9.67 Å². The average molecular weight is 242 g/mol. The SMILES string of the molecule is Cn1nc(-c2nc(N)nc(=O)[nH]2)c2ccccc21. The molecular weight excluding hydrogens is 232 g/mol. The molecule has 0 saturated heterocycles. The summed E-state index contributed by atoms with van der Waals surface area (Å²) in [6, 6.07) is 7.67. The second kappa shape index (κ2) is 3.66. The van der Waals surface area contributed by atoms with Gasteiger partial charge in [-0.25, -0.2) is 4.79 Å². The van der Waals surface area contributed by atoms with Gasteiger partial charge >= 0.3 is 5.69 Å². The van der Waals surface area contributed by atoms with Crippen molar-refractivity contribution in [2.75, 3.05) is 5.73 Å². The molecule has 3 aromatic rings. The van der Waals surface area contributed by atoms with Crippen molar-refractivity contribution < 1.29 is 0 Å². The Labute approximate surface area is 101 Å². The number of anilines is 1. The summed E-state index contributed by atoms with van der Waals surface area (Å²) in [6.45, 7) is 0. The van der Waals surface area contributed by atoms with Gasteiger partial charge in [-0.15, -0.1) is 0 Å². The van der Waals surface area contributed by atoms with E-state index in [1.807, 2.05) is 31.3 Å². The van der Waals surface area contributed by atoms with Crippen molar-refractivity contribution in [1.82, 2.24) is 24.7 Å². The third kappa shape index (κ3) is 1.53. The molecule has 3 N–H and O–H groups in total. The Morgan fingerprint density at radius 1 is 1.28 bits per heavy atom. The minimum atomic E-state index is -0.535. The van der Waals surface area contributed by atoms with Crippen LogP contribution in [0.3, 0.4) is 0 Å². The molecule has 0 aliphatic rings. The molecule has 0 atom stereocenters. The highest BCUT2D eigenvalue weighted by atomic mass is 16.1. The Morgan fingerprint density at radius 2 is 2.06 bits per heavy atom. The fourth-order valence-corrected chi connectivity index (χ4v) is 1.90. The van der Waals surface area contributed by atoms with Crippen LogP contribution in [0.25, 0.3) is 22.4 Å². The van der Waals surface area contributed by atoms with Gasteiger partial charge in [-0.1, -0.05) is 18.2 Å². The molecule has 0 radical (unpaired) electrons. The number of nitrogens with zero attached hydrogens (tertiary/aromatic N) is 4. The van der Waals surface area contributed by atoms with Gasteiger partial charge in [0, 0.05) is 12.4 Å². The van der Waals surface area contributed by atoms with E-state index < -0.39 is 5.69 Å². The van der Waals surface area contributed by atoms with E-state index in [2.05, 4.69) is 20.1 Å². The highest BCUT2D eigenvalue weighted by Gasteiger charge is 2.12. The Morgan fingerprint density at radius 3 is 2.83 bits per heavy atom. The van der Waals surface area contributed by atoms with Crippen molar-refractivity contribution in [3.63, 3.8) is 0 Å². The first-order chi connectivity index (χ1) is 8.65. The fraction of sp³-hybridized carbons (Fsp3) is 0.0909. The minimum Gasteiger partial charge on any atom is -0.368 e. The Balaban J connectivity index is 2.35. The van der Waals surface area contributed by atoms with Crippen LogP contribution >= 0.6 is 0 Å². The smallest absolute Gasteiger partial charge is 0.349 e. The zero-order valence-corrected chi connectivity index (χ0v) is 9.58. The maximum Gasteiger partial charge on any atom is 0.349 e. The molecule has 7 nitrogen and oxygen atoms in total. The predicted molar refractivity (Wildman–Crippen MR) is 66.8 cm³/mol. The fourth-order valence-electron chi connectivity index (χ4n) is 1.90. The number of para-hydroxylation sites is 1. The number of hydrogen-bond donors (Lipinski definition) is 2. The van der Waals surface area contributed by atoms with Crippen LogP contribution in [0.4, 0.5) is 5.95 Å². The van der Waals surface area contributed by atoms with Gasteiger partial charge in [0.25, 0.3) is 0 Å². The molecule has 18 heavy (non-hydrogen) atoms. The van der Waals surface area contributed by atoms with E-state index in [0.29, 0.717) is 11.5 Å². The monoisotopic (exact) mass is 242 g/mol. The molecule has 7 heteroatoms. The maximum atomic E-state index is 11.3. The third-order valence-electron chi connectivity index (χ3n) is 2.65. The molecule has 0 saturated carbocycles. The number of nitrogens with one attached hydrogen (secondary N) is 1. The number of benzene rings is 1. The van der Waals surface area contributed by atoms with Gasteiger partial charge in [0.15, 0.2) is 5.82 Å². The van der Waals surface area contributed by atoms with Gasteiger partial charge in [0.05, 0.1) is 5.52 Å². The van der Waals surface area contributed by atoms with E-state index in [9.17, 15) is 4.79 Å². The van der Waals surface area contributed by atoms with Crippen molar-refractivity contribution in [3.05, 3.63) is 34.7 Å². The standard InChI is InChI=1S/C11H10N6O/c1-17-7-5-3-2-4-6(7)8(16-17)9-13-10(12)15-11(18)14-9/h2-5H,1H3,(H3,12,13,14,15,18). The highest BCUT2D eigenvalue weighted by molar-refractivity contribution is 5.91. The number of hydrogen-bond acceptors (Lipinski definition) is 5. The molecule has 90 valence electrons. The van der Waals surface area contributed by atoms with Crippen LogP contribution in [0.1, 0.15) is 0 Å². The molecule has 0 unspecified atom stereocenters. The Bertz CT molecular complexity index is 788. The molecule has 3 rings (SSSR count). The quantitative estimate of drug-likeness (QED) is 0.639. The van der Waals surface area contributed by atoms with E-state index in [-0.39, 0.29) is 5.95 Å². The first-order valence-electron chi connectivity index (χ1n) is 5.31. The van der Waals surface area contributed by atoms with Crippen molar-refractivity contribution in [3.8, 4) is 11.5 Å². The molecule has 0 aliphatic carbocycles. The molecule has 0 aliphatic heterocycles. The summed E-state index contributed by atoms with van der Waals surface area (Å²) in [5.74, 6) is 0.257. The number of fused-ring (bicyclic) bond motifs is 1. The summed E-state index contributed by atoms with van der Waals surface area (Å²) in [4.78, 5) is 21.3. The second-order valence-corrected chi connectivity index (χ2v) is 3.85. The van der Waals surface area contributed by atoms with Crippen LogP contribution < -0.4 is 11.4 Å². The molecule has 2 aromatic heterocycles. The van der Waals surface area contributed by atoms with E-state index >= 15 is 0 Å². The summed E-state index contributed by atoms with van der Waals surface area (Å²) in [7, 11) is 1.83. The number of nitrogens with two attached hydrogens (primary N) is 1. The van der Waals surface area contributed by atoms with Crippen molar-refractivity contribution >= 4 is 16.9 Å². The largest absolute Gasteiger partial charge is 0.368 e. The summed E-state index contributed by atoms with van der Waals surface area (Å²) in [5, 5.41) is 5.24. The number of aryl methyl sites for hydroxylation is 1. The Kier molecular flexibility index (Phi) is 2.12. The summed E-state index contributed by atoms with van der Waals surface area (Å²) in [6.07, 6.45) is 0. The lowest BCUT2D eigenvalue weighted by Crippen LogP contribution is -2.15. The topological polar surface area (TPSA) is 102 Å². The Hall–Kier alpha value is -2.70. The minimum absolute atomic E-state index is 0.0662. The first kappa shape index (κ1) is 10.5. The predicted octanol–water partition coefficient (Wildman–Crippen LogP) is 0.301. The zero-order chi connectivity index (χ0) is 12.7. The summed E-state index contributed by atoms with van der Waals surface area (Å²) < 4.78 is 1.72. The second-order valence-electron chi connectivity index (χ2n) is 3.85. The van der Waals surface area contributed by atoms with Gasteiger partial charge in [-0.2, -0.15) is 15.1 Å². The maximum absolute atomic E-state index is 11.3. The van der Waals surface area contributed by atoms with Crippen LogP contribution in [-0.2, 0) is 7.05 Å². The molecule has 0 amide bonds. The van der Waals surface area contributed by atoms with Gasteiger partial charge in [-0.05, 0) is 6.07 Å². The summed E-state index contributed by atoms with van der Waals surface area (Å²) >= 11 is 0. The van der Waals surface area contributed by atoms with Gasteiger partial charge < -0.3 is 5.73 Å². The third-order valence-corrected chi connectivity index (χ3v) is 2.65. The van der Waals surface area contributed by atoms with E-state index in [1.54, 1.807) is 4.68 Å². The molecule has 1 aromatic carbocycles. The van der Waals surface area contributed by atoms with Crippen LogP contribution in [0, 0.1) is 0 Å². The van der Waals surface area contributed by atoms with Gasteiger partial charge in [0.2, 0.25) is 5.95 Å². The van der Waals surface area contributed by atoms with E-state index in [4.69, 9.17) is 5.73 Å². The van der Waals surface area contributed by atoms with E-state index in [0.717, 1.165) is 10.9 Å². The van der Waals surface area contributed by atoms with Crippen LogP contribution in [-0.4, -0.2) is 24.7 Å². The molecular formula is C11H10N6O. The normalized spacial score (nSPS) is 10.9. The number of aromatic amines is 1. The molecule has 0 bridgehead atoms. The lowest BCUT2D eigenvalue weighted by atomic mass is 10.2. The van der Waals surface area contributed by atoms with Crippen LogP contribution in [0.2, 0.25) is 0 Å². The zero-order valence-electron chi connectivity index (χ0n) is 9.58. The molecule has 0 spiro atoms. The average Bonchev–Trinajstić information content (AvgIpc) is 2.66. The van der Waals surface area contributed by atoms with Crippen LogP contribution in [0.5, 0.6) is 0 Å². The van der Waals surface area contributed by atoms with Crippen molar-refractivity contribution in [2.24, 2.45) is 7.05 Å².